The van der Waals surface area contributed by atoms with Gasteiger partial charge in [0, 0.05) is 0 Å². The van der Waals surface area contributed by atoms with E-state index in [9.17, 15) is 26.3 Å². The second kappa shape index (κ2) is 14.4. The minimum atomic E-state index is -4.60. The fraction of sp³-hybridized carbons (Fsp3) is 0.293. The van der Waals surface area contributed by atoms with Crippen LogP contribution in [0.5, 0.6) is 0 Å². The first kappa shape index (κ1) is 40.0. The minimum Gasteiger partial charge on any atom is -1.00 e. The van der Waals surface area contributed by atoms with Gasteiger partial charge < -0.3 is 24.8 Å². The quantitative estimate of drug-likeness (QED) is 0.171. The fourth-order valence-corrected chi connectivity index (χ4v) is 19.9. The Kier molecular flexibility index (Phi) is 11.5. The second-order valence-corrected chi connectivity index (χ2v) is 24.0. The van der Waals surface area contributed by atoms with Crippen LogP contribution in [0.15, 0.2) is 106 Å². The van der Waals surface area contributed by atoms with Gasteiger partial charge in [-0.15, -0.1) is 0 Å². The van der Waals surface area contributed by atoms with E-state index in [2.05, 4.69) is 84.0 Å². The largest absolute Gasteiger partial charge is 1.00 e. The van der Waals surface area contributed by atoms with Crippen molar-refractivity contribution in [1.29, 1.82) is 0 Å². The molecule has 50 heavy (non-hydrogen) atoms. The number of benzene rings is 4. The third-order valence-electron chi connectivity index (χ3n) is 9.38. The van der Waals surface area contributed by atoms with Gasteiger partial charge in [-0.05, 0) is 0 Å². The molecule has 262 valence electrons. The van der Waals surface area contributed by atoms with Gasteiger partial charge in [-0.1, -0.05) is 0 Å². The molecule has 0 bridgehead atoms. The van der Waals surface area contributed by atoms with Crippen LogP contribution in [0.4, 0.5) is 26.3 Å². The molecule has 0 fully saturated rings. The molecule has 0 saturated heterocycles. The molecule has 0 saturated carbocycles. The van der Waals surface area contributed by atoms with E-state index in [1.807, 2.05) is 12.2 Å². The molecule has 4 aromatic carbocycles. The Morgan fingerprint density at radius 1 is 0.580 bits per heavy atom. The minimum absolute atomic E-state index is 0. The molecule has 0 aliphatic heterocycles. The second-order valence-electron chi connectivity index (χ2n) is 14.8. The number of hydrogen-bond acceptors (Lipinski definition) is 0. The number of fused-ring (bicyclic) bond motifs is 3. The molecule has 0 N–H and O–H groups in total. The summed E-state index contributed by atoms with van der Waals surface area (Å²) in [5, 5.41) is 0. The van der Waals surface area contributed by atoms with Gasteiger partial charge in [-0.25, -0.2) is 0 Å². The molecule has 0 atom stereocenters. The molecule has 9 heteroatoms. The molecule has 0 nitrogen and oxygen atoms in total. The zero-order valence-electron chi connectivity index (χ0n) is 28.6. The molecule has 0 amide bonds. The molecule has 2 aliphatic carbocycles. The summed E-state index contributed by atoms with van der Waals surface area (Å²) in [6.07, 6.45) is -2.50. The van der Waals surface area contributed by atoms with E-state index in [1.54, 1.807) is 12.1 Å². The average molecular weight is 894 g/mol. The maximum absolute atomic E-state index is 14.2. The first-order chi connectivity index (χ1) is 22.3. The van der Waals surface area contributed by atoms with E-state index in [0.29, 0.717) is 20.8 Å². The number of rotatable bonds is 4. The molecular weight excluding hydrogens is 856 g/mol. The van der Waals surface area contributed by atoms with Crippen LogP contribution >= 0.6 is 0 Å². The first-order valence-electron chi connectivity index (χ1n) is 16.1. The molecule has 4 aromatic rings. The third-order valence-corrected chi connectivity index (χ3v) is 21.5. The van der Waals surface area contributed by atoms with Gasteiger partial charge in [0.25, 0.3) is 0 Å². The van der Waals surface area contributed by atoms with Crippen molar-refractivity contribution >= 4 is 3.26 Å². The van der Waals surface area contributed by atoms with Crippen molar-refractivity contribution < 1.29 is 72.1 Å². The molecule has 0 unspecified atom stereocenters. The van der Waals surface area contributed by atoms with Crippen LogP contribution in [0.1, 0.15) is 96.1 Å². The van der Waals surface area contributed by atoms with Crippen LogP contribution in [-0.4, -0.2) is 3.26 Å². The van der Waals surface area contributed by atoms with Crippen LogP contribution < -0.4 is 24.8 Å². The van der Waals surface area contributed by atoms with E-state index in [-0.39, 0.29) is 39.3 Å². The SMILES string of the molecule is CC(C)(C)c1ccc2c(c1)-c1cc(C(C)(C)C)ccc1[CH]2[Hf+2]([C]1=CC=CC1)=[C](c1cccc(C(F)(F)F)c1)c1cccc(C(F)(F)F)c1.[Cl-].[Cl-]. The molecule has 0 aromatic heterocycles. The first-order valence-corrected chi connectivity index (χ1v) is 21.8. The summed E-state index contributed by atoms with van der Waals surface area (Å²) in [6.45, 7) is 13.0. The smallest absolute Gasteiger partial charge is 1.00 e. The summed E-state index contributed by atoms with van der Waals surface area (Å²) in [5.74, 6) is 0. The molecule has 6 rings (SSSR count). The van der Waals surface area contributed by atoms with Crippen molar-refractivity contribution in [1.82, 2.24) is 0 Å². The summed E-state index contributed by atoms with van der Waals surface area (Å²) in [5.41, 5.74) is 5.57. The third kappa shape index (κ3) is 7.85. The molecule has 2 aliphatic rings. The molecular formula is C41H38Cl2F6Hf. The summed E-state index contributed by atoms with van der Waals surface area (Å²) < 4.78 is 86.6. The maximum Gasteiger partial charge on any atom is -1.00 e. The number of allylic oxidation sites excluding steroid dienone is 4. The van der Waals surface area contributed by atoms with Crippen molar-refractivity contribution in [3.63, 3.8) is 0 Å². The molecule has 0 radical (unpaired) electrons. The number of alkyl halides is 6. The van der Waals surface area contributed by atoms with Crippen LogP contribution in [0.25, 0.3) is 11.1 Å². The fourth-order valence-electron chi connectivity index (χ4n) is 6.81. The Morgan fingerprint density at radius 2 is 1.02 bits per heavy atom. The summed E-state index contributed by atoms with van der Waals surface area (Å²) in [6, 6.07) is 23.4. The van der Waals surface area contributed by atoms with E-state index in [4.69, 9.17) is 0 Å². The summed E-state index contributed by atoms with van der Waals surface area (Å²) in [7, 11) is 0. The van der Waals surface area contributed by atoms with Crippen LogP contribution in [-0.2, 0) is 44.1 Å². The van der Waals surface area contributed by atoms with Gasteiger partial charge in [0.1, 0.15) is 0 Å². The van der Waals surface area contributed by atoms with Crippen molar-refractivity contribution in [2.75, 3.05) is 0 Å². The monoisotopic (exact) mass is 894 g/mol. The van der Waals surface area contributed by atoms with Crippen molar-refractivity contribution in [3.05, 3.63) is 151 Å². The zero-order chi connectivity index (χ0) is 34.8. The van der Waals surface area contributed by atoms with Crippen LogP contribution in [0, 0.1) is 0 Å². The van der Waals surface area contributed by atoms with Gasteiger partial charge >= 0.3 is 287 Å². The maximum atomic E-state index is 14.2. The topological polar surface area (TPSA) is 0 Å². The van der Waals surface area contributed by atoms with Gasteiger partial charge in [-0.3, -0.25) is 0 Å². The Balaban J connectivity index is 0.00000281. The molecule has 0 spiro atoms. The van der Waals surface area contributed by atoms with Crippen molar-refractivity contribution in [2.24, 2.45) is 0 Å². The predicted molar refractivity (Wildman–Crippen MR) is 179 cm³/mol. The predicted octanol–water partition coefficient (Wildman–Crippen LogP) is 6.13. The van der Waals surface area contributed by atoms with Crippen molar-refractivity contribution in [3.8, 4) is 11.1 Å². The summed E-state index contributed by atoms with van der Waals surface area (Å²) >= 11 is -3.79. The van der Waals surface area contributed by atoms with Gasteiger partial charge in [-0.2, -0.15) is 0 Å². The number of halogens is 8. The van der Waals surface area contributed by atoms with E-state index < -0.39 is 44.4 Å². The van der Waals surface area contributed by atoms with Gasteiger partial charge in [0.05, 0.1) is 0 Å². The Hall–Kier alpha value is -2.74. The van der Waals surface area contributed by atoms with Gasteiger partial charge in [0.15, 0.2) is 0 Å². The van der Waals surface area contributed by atoms with E-state index >= 15 is 0 Å². The summed E-state index contributed by atoms with van der Waals surface area (Å²) in [4.78, 5) is 0. The van der Waals surface area contributed by atoms with Gasteiger partial charge in [0.2, 0.25) is 0 Å². The Labute approximate surface area is 310 Å². The normalized spacial score (nSPS) is 14.2. The van der Waals surface area contributed by atoms with Crippen LogP contribution in [0.3, 0.4) is 0 Å². The number of hydrogen-bond donors (Lipinski definition) is 0. The average Bonchev–Trinajstić information content (AvgIpc) is 3.64. The standard InChI is InChI=1S/C21H25.C15H8F6.C5H5.2ClH.Hf/c1-20(2,3)16-9-7-14-11-15-8-10-17(21(4,5)6)13-19(15)18(14)12-16;16-14(17,18)12-5-1-3-10(8-12)7-11-4-2-6-13(9-11)15(19,20)21;1-2-4-5-3-1;;;/h7-13H,1-6H3;1-6,8-9H;1-3H,4H2;2*1H;/q;;;;;+2/p-2. The van der Waals surface area contributed by atoms with E-state index in [1.165, 1.54) is 23.3 Å². The van der Waals surface area contributed by atoms with E-state index in [0.717, 1.165) is 49.8 Å². The van der Waals surface area contributed by atoms with Crippen LogP contribution in [0.2, 0.25) is 0 Å². The van der Waals surface area contributed by atoms with Crippen molar-refractivity contribution in [2.45, 2.75) is 74.8 Å². The Morgan fingerprint density at radius 3 is 1.38 bits per heavy atom. The zero-order valence-corrected chi connectivity index (χ0v) is 33.7. The molecule has 0 heterocycles. The Bertz CT molecular complexity index is 1880.